The molecule has 80 heavy (non-hydrogen) atoms. The summed E-state index contributed by atoms with van der Waals surface area (Å²) >= 11 is 0. The molecule has 22 nitrogen and oxygen atoms in total. The highest BCUT2D eigenvalue weighted by Gasteiger charge is 2.37. The monoisotopic (exact) mass is 1120 g/mol. The molecule has 4 amide bonds. The van der Waals surface area contributed by atoms with E-state index in [-0.39, 0.29) is 39.5 Å². The summed E-state index contributed by atoms with van der Waals surface area (Å²) in [6, 6.07) is 14.6. The molecule has 0 saturated heterocycles. The van der Waals surface area contributed by atoms with Crippen LogP contribution in [0, 0.1) is 0 Å². The number of methoxy groups -OCH3 is 2. The summed E-state index contributed by atoms with van der Waals surface area (Å²) in [7, 11) is 3.27. The van der Waals surface area contributed by atoms with E-state index in [9.17, 15) is 19.2 Å². The zero-order valence-electron chi connectivity index (χ0n) is 46.3. The van der Waals surface area contributed by atoms with Crippen LogP contribution in [0.4, 0.5) is 0 Å². The third-order valence-electron chi connectivity index (χ3n) is 13.1. The van der Waals surface area contributed by atoms with Gasteiger partial charge in [0.2, 0.25) is 0 Å². The van der Waals surface area contributed by atoms with Crippen LogP contribution in [0.1, 0.15) is 41.4 Å². The number of imide groups is 2. The molecule has 0 spiro atoms. The fourth-order valence-electron chi connectivity index (χ4n) is 9.21. The Morgan fingerprint density at radius 1 is 0.237 bits per heavy atom. The molecule has 22 heteroatoms. The molecule has 5 aromatic carbocycles. The van der Waals surface area contributed by atoms with Crippen LogP contribution in [0.15, 0.2) is 48.5 Å². The Kier molecular flexibility index (Phi) is 28.0. The van der Waals surface area contributed by atoms with Gasteiger partial charge < -0.3 is 75.8 Å². The fraction of sp³-hybridized carbons (Fsp3) is 0.586. The van der Waals surface area contributed by atoms with Crippen LogP contribution in [0.3, 0.4) is 0 Å². The van der Waals surface area contributed by atoms with Gasteiger partial charge in [-0.2, -0.15) is 0 Å². The third kappa shape index (κ3) is 18.0. The lowest BCUT2D eigenvalue weighted by Crippen LogP contribution is -2.42. The van der Waals surface area contributed by atoms with Crippen LogP contribution in [0.5, 0.6) is 0 Å². The van der Waals surface area contributed by atoms with Crippen molar-refractivity contribution in [3.8, 4) is 0 Å². The van der Waals surface area contributed by atoms with Crippen molar-refractivity contribution in [2.45, 2.75) is 0 Å². The number of benzene rings is 5. The Morgan fingerprint density at radius 2 is 0.412 bits per heavy atom. The number of carbonyl (C=O) groups excluding carboxylic acids is 4. The van der Waals surface area contributed by atoms with E-state index in [4.69, 9.17) is 75.8 Å². The second kappa shape index (κ2) is 35.8. The molecule has 440 valence electrons. The summed E-state index contributed by atoms with van der Waals surface area (Å²) in [5.41, 5.74) is 1.68. The van der Waals surface area contributed by atoms with Crippen LogP contribution in [-0.2, 0) is 75.8 Å². The van der Waals surface area contributed by atoms with Gasteiger partial charge in [-0.1, -0.05) is 24.3 Å². The van der Waals surface area contributed by atoms with E-state index in [1.54, 1.807) is 38.5 Å². The van der Waals surface area contributed by atoms with Crippen LogP contribution in [0.2, 0.25) is 0 Å². The molecule has 0 aliphatic carbocycles. The standard InChI is InChI=1S/C58H78N2O20/c1-65-15-17-69-23-25-73-31-33-77-39-41-79-37-35-75-29-27-71-21-19-67-13-11-59-55(61)47-7-3-43-45-5-9-49-54-50(10-6-46(52(45)54)44-4-8-48(56(59)62)53(47)51(43)44)58(64)60(57(49)63)12-14-68-20-22-72-28-30-76-36-38-80-42-40-78-34-32-74-26-24-70-18-16-66-2/h3-10H,11-42H2,1-2H3. The molecule has 0 fully saturated rings. The quantitative estimate of drug-likeness (QED) is 0.0227. The Balaban J connectivity index is 0.768. The average molecular weight is 1120 g/mol. The predicted octanol–water partition coefficient (Wildman–Crippen LogP) is 4.45. The minimum atomic E-state index is -0.402. The highest BCUT2D eigenvalue weighted by atomic mass is 16.6. The predicted molar refractivity (Wildman–Crippen MR) is 294 cm³/mol. The molecular weight excluding hydrogens is 1040 g/mol. The summed E-state index contributed by atoms with van der Waals surface area (Å²) in [5, 5.41) is 5.99. The van der Waals surface area contributed by atoms with E-state index in [1.165, 1.54) is 9.80 Å². The molecule has 2 aliphatic heterocycles. The second-order valence-electron chi connectivity index (χ2n) is 18.2. The van der Waals surface area contributed by atoms with Gasteiger partial charge in [-0.3, -0.25) is 29.0 Å². The number of amides is 4. The van der Waals surface area contributed by atoms with E-state index >= 15 is 0 Å². The van der Waals surface area contributed by atoms with Crippen molar-refractivity contribution in [1.29, 1.82) is 0 Å². The summed E-state index contributed by atoms with van der Waals surface area (Å²) in [5.74, 6) is -1.61. The van der Waals surface area contributed by atoms with Gasteiger partial charge in [0.05, 0.1) is 211 Å². The number of nitrogens with zero attached hydrogens (tertiary/aromatic N) is 2. The number of ether oxygens (including phenoxy) is 16. The minimum absolute atomic E-state index is 0.0703. The maximum Gasteiger partial charge on any atom is 0.261 e. The molecule has 0 radical (unpaired) electrons. The zero-order chi connectivity index (χ0) is 56.0. The van der Waals surface area contributed by atoms with E-state index in [2.05, 4.69) is 0 Å². The van der Waals surface area contributed by atoms with Gasteiger partial charge in [0.1, 0.15) is 0 Å². The number of carbonyl (C=O) groups is 4. The van der Waals surface area contributed by atoms with Crippen LogP contribution in [-0.4, -0.2) is 259 Å². The normalized spacial score (nSPS) is 13.6. The molecule has 2 heterocycles. The van der Waals surface area contributed by atoms with Gasteiger partial charge in [-0.15, -0.1) is 0 Å². The number of rotatable bonds is 48. The Bertz CT molecular complexity index is 2370. The molecule has 0 aromatic heterocycles. The van der Waals surface area contributed by atoms with Crippen LogP contribution >= 0.6 is 0 Å². The van der Waals surface area contributed by atoms with Gasteiger partial charge in [-0.25, -0.2) is 0 Å². The second-order valence-corrected chi connectivity index (χ2v) is 18.2. The maximum atomic E-state index is 14.0. The summed E-state index contributed by atoms with van der Waals surface area (Å²) in [4.78, 5) is 58.5. The van der Waals surface area contributed by atoms with Gasteiger partial charge in [0.25, 0.3) is 23.6 Å². The third-order valence-corrected chi connectivity index (χ3v) is 13.1. The van der Waals surface area contributed by atoms with Gasteiger partial charge >= 0.3 is 0 Å². The summed E-state index contributed by atoms with van der Waals surface area (Å²) in [6.45, 7) is 13.0. The van der Waals surface area contributed by atoms with Crippen LogP contribution < -0.4 is 0 Å². The molecule has 7 rings (SSSR count). The van der Waals surface area contributed by atoms with Crippen molar-refractivity contribution < 1.29 is 95.0 Å². The number of hydrogen-bond donors (Lipinski definition) is 0. The van der Waals surface area contributed by atoms with Gasteiger partial charge in [0.15, 0.2) is 0 Å². The first kappa shape index (κ1) is 62.6. The topological polar surface area (TPSA) is 222 Å². The van der Waals surface area contributed by atoms with Crippen LogP contribution in [0.25, 0.3) is 43.1 Å². The largest absolute Gasteiger partial charge is 0.382 e. The van der Waals surface area contributed by atoms with Crippen molar-refractivity contribution in [2.75, 3.05) is 226 Å². The van der Waals surface area contributed by atoms with Crippen molar-refractivity contribution in [3.05, 3.63) is 70.8 Å². The molecule has 0 unspecified atom stereocenters. The lowest BCUT2D eigenvalue weighted by Gasteiger charge is -2.30. The minimum Gasteiger partial charge on any atom is -0.382 e. The molecule has 0 saturated carbocycles. The fourth-order valence-corrected chi connectivity index (χ4v) is 9.21. The van der Waals surface area contributed by atoms with E-state index < -0.39 is 23.6 Å². The first-order chi connectivity index (χ1) is 39.5. The average Bonchev–Trinajstić information content (AvgIpc) is 3.40. The summed E-state index contributed by atoms with van der Waals surface area (Å²) < 4.78 is 87.2. The molecule has 0 bridgehead atoms. The highest BCUT2D eigenvalue weighted by molar-refractivity contribution is 6.41. The lowest BCUT2D eigenvalue weighted by molar-refractivity contribution is -0.0223. The molecular formula is C58H78N2O20. The Hall–Kier alpha value is -4.96. The summed E-state index contributed by atoms with van der Waals surface area (Å²) in [6.07, 6.45) is 0. The maximum absolute atomic E-state index is 14.0. The molecule has 0 atom stereocenters. The van der Waals surface area contributed by atoms with E-state index in [0.29, 0.717) is 205 Å². The zero-order valence-corrected chi connectivity index (χ0v) is 46.3. The SMILES string of the molecule is COCCOCCOCCOCCOCCOCCOCCOCCN1C(=O)c2ccc3c4ccc5c6c(ccc(c7ccc(c2c37)C1=O)c64)C(=O)N(CCOCCOCCOCCOCCOCCOCCOCCOC)C5=O. The first-order valence-corrected chi connectivity index (χ1v) is 27.5. The Morgan fingerprint density at radius 3 is 0.600 bits per heavy atom. The van der Waals surface area contributed by atoms with Crippen molar-refractivity contribution in [2.24, 2.45) is 0 Å². The van der Waals surface area contributed by atoms with Crippen molar-refractivity contribution in [1.82, 2.24) is 9.80 Å². The first-order valence-electron chi connectivity index (χ1n) is 27.5. The van der Waals surface area contributed by atoms with Crippen molar-refractivity contribution >= 4 is 66.7 Å². The molecule has 0 N–H and O–H groups in total. The van der Waals surface area contributed by atoms with Gasteiger partial charge in [-0.05, 0) is 56.6 Å². The van der Waals surface area contributed by atoms with Crippen molar-refractivity contribution in [3.63, 3.8) is 0 Å². The number of hydrogen-bond acceptors (Lipinski definition) is 20. The van der Waals surface area contributed by atoms with E-state index in [0.717, 1.165) is 32.3 Å². The highest BCUT2D eigenvalue weighted by Crippen LogP contribution is 2.46. The van der Waals surface area contributed by atoms with Gasteiger partial charge in [0, 0.05) is 47.2 Å². The lowest BCUT2D eigenvalue weighted by atomic mass is 9.82. The van der Waals surface area contributed by atoms with E-state index in [1.807, 2.05) is 24.3 Å². The smallest absolute Gasteiger partial charge is 0.261 e. The number of fused-ring (bicyclic) bond motifs is 2. The molecule has 2 aliphatic rings. The Labute approximate surface area is 466 Å². The molecule has 5 aromatic rings.